The van der Waals surface area contributed by atoms with Gasteiger partial charge < -0.3 is 5.73 Å². The van der Waals surface area contributed by atoms with Crippen molar-refractivity contribution in [2.24, 2.45) is 5.73 Å². The third-order valence-electron chi connectivity index (χ3n) is 2.71. The predicted molar refractivity (Wildman–Crippen MR) is 67.4 cm³/mol. The van der Waals surface area contributed by atoms with Gasteiger partial charge in [-0.2, -0.15) is 5.10 Å². The monoisotopic (exact) mass is 238 g/mol. The number of pyridine rings is 1. The molecule has 1 aromatic carbocycles. The summed E-state index contributed by atoms with van der Waals surface area (Å²) in [6, 6.07) is 11.1. The van der Waals surface area contributed by atoms with E-state index in [0.717, 1.165) is 16.6 Å². The van der Waals surface area contributed by atoms with Gasteiger partial charge >= 0.3 is 0 Å². The molecule has 2 heterocycles. The van der Waals surface area contributed by atoms with Gasteiger partial charge in [0.15, 0.2) is 5.69 Å². The topological polar surface area (TPSA) is 73.8 Å². The summed E-state index contributed by atoms with van der Waals surface area (Å²) in [5.74, 6) is -0.533. The fourth-order valence-corrected chi connectivity index (χ4v) is 1.92. The second-order valence-corrected chi connectivity index (χ2v) is 3.85. The molecule has 0 radical (unpaired) electrons. The van der Waals surface area contributed by atoms with Crippen molar-refractivity contribution in [3.8, 4) is 5.69 Å². The van der Waals surface area contributed by atoms with Crippen molar-refractivity contribution >= 4 is 16.8 Å². The fourth-order valence-electron chi connectivity index (χ4n) is 1.92. The summed E-state index contributed by atoms with van der Waals surface area (Å²) in [4.78, 5) is 15.4. The average Bonchev–Trinajstić information content (AvgIpc) is 2.79. The molecule has 3 rings (SSSR count). The molecule has 3 aromatic rings. The third kappa shape index (κ3) is 1.53. The van der Waals surface area contributed by atoms with Gasteiger partial charge in [0.2, 0.25) is 0 Å². The van der Waals surface area contributed by atoms with Crippen LogP contribution >= 0.6 is 0 Å². The third-order valence-corrected chi connectivity index (χ3v) is 2.71. The molecule has 5 nitrogen and oxygen atoms in total. The minimum atomic E-state index is -0.533. The Balaban J connectivity index is 2.34. The second kappa shape index (κ2) is 3.96. The molecule has 0 aliphatic carbocycles. The highest BCUT2D eigenvalue weighted by atomic mass is 16.1. The maximum Gasteiger partial charge on any atom is 0.269 e. The van der Waals surface area contributed by atoms with Gasteiger partial charge in [-0.25, -0.2) is 4.68 Å². The maximum absolute atomic E-state index is 11.4. The fraction of sp³-hybridized carbons (Fsp3) is 0. The summed E-state index contributed by atoms with van der Waals surface area (Å²) in [6.45, 7) is 0. The van der Waals surface area contributed by atoms with Gasteiger partial charge in [-0.05, 0) is 18.2 Å². The Hall–Kier alpha value is -2.69. The zero-order valence-electron chi connectivity index (χ0n) is 9.45. The van der Waals surface area contributed by atoms with E-state index in [4.69, 9.17) is 5.73 Å². The van der Waals surface area contributed by atoms with Crippen molar-refractivity contribution in [1.82, 2.24) is 14.8 Å². The van der Waals surface area contributed by atoms with Crippen LogP contribution in [-0.4, -0.2) is 20.7 Å². The van der Waals surface area contributed by atoms with Gasteiger partial charge in [-0.3, -0.25) is 9.78 Å². The van der Waals surface area contributed by atoms with Crippen molar-refractivity contribution < 1.29 is 4.79 Å². The van der Waals surface area contributed by atoms with E-state index < -0.39 is 5.91 Å². The Morgan fingerprint density at radius 3 is 2.72 bits per heavy atom. The van der Waals surface area contributed by atoms with E-state index in [-0.39, 0.29) is 5.69 Å². The van der Waals surface area contributed by atoms with Crippen LogP contribution < -0.4 is 5.73 Å². The molecule has 1 amide bonds. The molecule has 2 N–H and O–H groups in total. The van der Waals surface area contributed by atoms with Crippen molar-refractivity contribution in [2.75, 3.05) is 0 Å². The number of aromatic nitrogens is 3. The molecule has 5 heteroatoms. The molecule has 88 valence electrons. The number of amides is 1. The first kappa shape index (κ1) is 10.5. The van der Waals surface area contributed by atoms with Gasteiger partial charge in [0, 0.05) is 11.6 Å². The smallest absolute Gasteiger partial charge is 0.269 e. The lowest BCUT2D eigenvalue weighted by molar-refractivity contribution is 0.0996. The zero-order valence-corrected chi connectivity index (χ0v) is 9.45. The van der Waals surface area contributed by atoms with Gasteiger partial charge in [0.1, 0.15) is 0 Å². The molecule has 0 unspecified atom stereocenters. The molecular weight excluding hydrogens is 228 g/mol. The van der Waals surface area contributed by atoms with Crippen LogP contribution in [0.5, 0.6) is 0 Å². The average molecular weight is 238 g/mol. The highest BCUT2D eigenvalue weighted by molar-refractivity contribution is 6.04. The minimum Gasteiger partial charge on any atom is -0.364 e. The number of hydrogen-bond acceptors (Lipinski definition) is 3. The lowest BCUT2D eigenvalue weighted by Gasteiger charge is -2.01. The van der Waals surface area contributed by atoms with Crippen LogP contribution in [0.2, 0.25) is 0 Å². The Bertz CT molecular complexity index is 718. The summed E-state index contributed by atoms with van der Waals surface area (Å²) < 4.78 is 1.67. The molecule has 0 spiro atoms. The maximum atomic E-state index is 11.4. The van der Waals surface area contributed by atoms with Crippen LogP contribution in [0.1, 0.15) is 10.5 Å². The summed E-state index contributed by atoms with van der Waals surface area (Å²) in [6.07, 6.45) is 3.37. The number of nitrogens with zero attached hydrogens (tertiary/aromatic N) is 3. The highest BCUT2D eigenvalue weighted by Gasteiger charge is 2.14. The van der Waals surface area contributed by atoms with Crippen molar-refractivity contribution in [3.63, 3.8) is 0 Å². The van der Waals surface area contributed by atoms with Crippen LogP contribution in [0, 0.1) is 0 Å². The normalized spacial score (nSPS) is 10.7. The number of para-hydroxylation sites is 1. The van der Waals surface area contributed by atoms with E-state index >= 15 is 0 Å². The van der Waals surface area contributed by atoms with Crippen molar-refractivity contribution in [1.29, 1.82) is 0 Å². The second-order valence-electron chi connectivity index (χ2n) is 3.85. The van der Waals surface area contributed by atoms with Gasteiger partial charge in [-0.15, -0.1) is 0 Å². The lowest BCUT2D eigenvalue weighted by Crippen LogP contribution is -2.12. The molecule has 0 bridgehead atoms. The number of benzene rings is 1. The molecule has 0 fully saturated rings. The lowest BCUT2D eigenvalue weighted by atomic mass is 10.2. The summed E-state index contributed by atoms with van der Waals surface area (Å²) in [7, 11) is 0. The van der Waals surface area contributed by atoms with Crippen LogP contribution in [0.15, 0.2) is 48.8 Å². The number of carbonyl (C=O) groups is 1. The van der Waals surface area contributed by atoms with E-state index in [0.29, 0.717) is 0 Å². The SMILES string of the molecule is NC(=O)c1nn(-c2cccnc2)c2ccccc12. The van der Waals surface area contributed by atoms with Crippen molar-refractivity contribution in [3.05, 3.63) is 54.5 Å². The molecule has 0 aliphatic rings. The first-order valence-corrected chi connectivity index (χ1v) is 5.45. The number of nitrogens with two attached hydrogens (primary N) is 1. The quantitative estimate of drug-likeness (QED) is 0.735. The van der Waals surface area contributed by atoms with E-state index in [1.165, 1.54) is 0 Å². The number of carbonyl (C=O) groups excluding carboxylic acids is 1. The molecule has 0 saturated carbocycles. The largest absolute Gasteiger partial charge is 0.364 e. The molecular formula is C13H10N4O. The van der Waals surface area contributed by atoms with E-state index in [2.05, 4.69) is 10.1 Å². The first-order chi connectivity index (χ1) is 8.77. The number of hydrogen-bond donors (Lipinski definition) is 1. The summed E-state index contributed by atoms with van der Waals surface area (Å²) in [5, 5.41) is 5.01. The molecule has 18 heavy (non-hydrogen) atoms. The standard InChI is InChI=1S/C13H10N4O/c14-13(18)12-10-5-1-2-6-11(10)17(16-12)9-4-3-7-15-8-9/h1-8H,(H2,14,18). The molecule has 0 saturated heterocycles. The van der Waals surface area contributed by atoms with Gasteiger partial charge in [0.05, 0.1) is 17.4 Å². The molecule has 2 aromatic heterocycles. The number of primary amides is 1. The first-order valence-electron chi connectivity index (χ1n) is 5.45. The minimum absolute atomic E-state index is 0.273. The Kier molecular flexibility index (Phi) is 2.30. The van der Waals surface area contributed by atoms with E-state index in [1.54, 1.807) is 17.1 Å². The Labute approximate surface area is 103 Å². The zero-order chi connectivity index (χ0) is 12.5. The highest BCUT2D eigenvalue weighted by Crippen LogP contribution is 2.21. The van der Waals surface area contributed by atoms with E-state index in [1.807, 2.05) is 36.4 Å². The van der Waals surface area contributed by atoms with Crippen LogP contribution in [0.3, 0.4) is 0 Å². The Morgan fingerprint density at radius 2 is 2.00 bits per heavy atom. The number of fused-ring (bicyclic) bond motifs is 1. The summed E-state index contributed by atoms with van der Waals surface area (Å²) in [5.41, 5.74) is 7.24. The van der Waals surface area contributed by atoms with E-state index in [9.17, 15) is 4.79 Å². The van der Waals surface area contributed by atoms with Crippen LogP contribution in [0.4, 0.5) is 0 Å². The molecule has 0 atom stereocenters. The Morgan fingerprint density at radius 1 is 1.17 bits per heavy atom. The van der Waals surface area contributed by atoms with Gasteiger partial charge in [0.25, 0.3) is 5.91 Å². The predicted octanol–water partition coefficient (Wildman–Crippen LogP) is 1.52. The van der Waals surface area contributed by atoms with Gasteiger partial charge in [-0.1, -0.05) is 18.2 Å². The van der Waals surface area contributed by atoms with Crippen molar-refractivity contribution in [2.45, 2.75) is 0 Å². The number of rotatable bonds is 2. The summed E-state index contributed by atoms with van der Waals surface area (Å²) >= 11 is 0. The van der Waals surface area contributed by atoms with Crippen LogP contribution in [0.25, 0.3) is 16.6 Å². The van der Waals surface area contributed by atoms with Crippen LogP contribution in [-0.2, 0) is 0 Å². The molecule has 0 aliphatic heterocycles.